The maximum atomic E-state index is 12.5. The van der Waals surface area contributed by atoms with E-state index < -0.39 is 0 Å². The normalized spacial score (nSPS) is 20.7. The summed E-state index contributed by atoms with van der Waals surface area (Å²) in [5, 5.41) is 0. The first-order valence-corrected chi connectivity index (χ1v) is 6.37. The second-order valence-corrected chi connectivity index (χ2v) is 4.12. The Morgan fingerprint density at radius 1 is 0.750 bits per heavy atom. The molecule has 0 amide bonds. The highest BCUT2D eigenvalue weighted by atomic mass is 16.1. The summed E-state index contributed by atoms with van der Waals surface area (Å²) in [5.41, 5.74) is 1.52. The van der Waals surface area contributed by atoms with Gasteiger partial charge in [-0.15, -0.1) is 0 Å². The molecule has 0 radical (unpaired) electrons. The summed E-state index contributed by atoms with van der Waals surface area (Å²) in [7, 11) is 0. The lowest BCUT2D eigenvalue weighted by atomic mass is 9.81. The first-order valence-electron chi connectivity index (χ1n) is 6.37. The standard InChI is InChI=1S/C18H18O2/c1-5-9-13-14(10-6-2)18(20)16(12-8-4)15(11-7-3)17(13)19/h5-12H,1-2H2,3-4H3/b11-7-,12-8-,13-9+,14-10+. The predicted molar refractivity (Wildman–Crippen MR) is 83.2 cm³/mol. The summed E-state index contributed by atoms with van der Waals surface area (Å²) >= 11 is 0. The molecule has 0 atom stereocenters. The molecule has 0 aromatic carbocycles. The van der Waals surface area contributed by atoms with Gasteiger partial charge in [-0.2, -0.15) is 0 Å². The molecule has 1 rings (SSSR count). The molecule has 2 heteroatoms. The van der Waals surface area contributed by atoms with Crippen LogP contribution in [-0.4, -0.2) is 11.6 Å². The molecule has 0 bridgehead atoms. The third-order valence-corrected chi connectivity index (χ3v) is 2.79. The highest BCUT2D eigenvalue weighted by Gasteiger charge is 2.31. The van der Waals surface area contributed by atoms with Crippen LogP contribution in [0.4, 0.5) is 0 Å². The van der Waals surface area contributed by atoms with Gasteiger partial charge >= 0.3 is 0 Å². The van der Waals surface area contributed by atoms with Gasteiger partial charge in [-0.3, -0.25) is 9.59 Å². The number of rotatable bonds is 4. The van der Waals surface area contributed by atoms with Gasteiger partial charge in [-0.1, -0.05) is 61.8 Å². The minimum Gasteiger partial charge on any atom is -0.289 e. The monoisotopic (exact) mass is 266 g/mol. The van der Waals surface area contributed by atoms with E-state index in [1.807, 2.05) is 13.8 Å². The number of carbonyl (C=O) groups is 2. The molecule has 2 nitrogen and oxygen atoms in total. The van der Waals surface area contributed by atoms with E-state index in [1.54, 1.807) is 36.5 Å². The molecule has 0 heterocycles. The average Bonchev–Trinajstić information content (AvgIpc) is 2.44. The Kier molecular flexibility index (Phi) is 5.60. The highest BCUT2D eigenvalue weighted by Crippen LogP contribution is 2.30. The van der Waals surface area contributed by atoms with Gasteiger partial charge in [0.25, 0.3) is 0 Å². The fourth-order valence-electron chi connectivity index (χ4n) is 2.01. The number of carbonyl (C=O) groups excluding carboxylic acids is 2. The van der Waals surface area contributed by atoms with Crippen molar-refractivity contribution in [2.45, 2.75) is 13.8 Å². The fraction of sp³-hybridized carbons (Fsp3) is 0.111. The van der Waals surface area contributed by atoms with Crippen molar-refractivity contribution in [2.24, 2.45) is 0 Å². The van der Waals surface area contributed by atoms with Crippen LogP contribution in [0.5, 0.6) is 0 Å². The van der Waals surface area contributed by atoms with E-state index in [0.717, 1.165) is 0 Å². The third kappa shape index (κ3) is 2.91. The van der Waals surface area contributed by atoms with Gasteiger partial charge in [-0.25, -0.2) is 0 Å². The molecule has 1 aliphatic rings. The van der Waals surface area contributed by atoms with Crippen LogP contribution in [-0.2, 0) is 9.59 Å². The van der Waals surface area contributed by atoms with E-state index in [1.165, 1.54) is 12.2 Å². The van der Waals surface area contributed by atoms with Gasteiger partial charge in [0.2, 0.25) is 0 Å². The molecule has 102 valence electrons. The zero-order valence-electron chi connectivity index (χ0n) is 11.8. The lowest BCUT2D eigenvalue weighted by Crippen LogP contribution is -2.23. The second-order valence-electron chi connectivity index (χ2n) is 4.12. The lowest BCUT2D eigenvalue weighted by molar-refractivity contribution is -0.116. The van der Waals surface area contributed by atoms with Crippen molar-refractivity contribution in [3.8, 4) is 0 Å². The summed E-state index contributed by atoms with van der Waals surface area (Å²) in [6, 6.07) is 0. The Balaban J connectivity index is 3.69. The van der Waals surface area contributed by atoms with Crippen molar-refractivity contribution in [1.29, 1.82) is 0 Å². The van der Waals surface area contributed by atoms with Gasteiger partial charge in [0, 0.05) is 22.3 Å². The zero-order valence-corrected chi connectivity index (χ0v) is 11.8. The quantitative estimate of drug-likeness (QED) is 0.725. The molecular formula is C18H18O2. The molecule has 0 fully saturated rings. The Labute approximate surface area is 119 Å². The fourth-order valence-corrected chi connectivity index (χ4v) is 2.01. The van der Waals surface area contributed by atoms with Crippen molar-refractivity contribution in [3.63, 3.8) is 0 Å². The third-order valence-electron chi connectivity index (χ3n) is 2.79. The number of ketones is 2. The Morgan fingerprint density at radius 2 is 1.10 bits per heavy atom. The molecule has 0 aliphatic heterocycles. The van der Waals surface area contributed by atoms with E-state index in [2.05, 4.69) is 13.2 Å². The van der Waals surface area contributed by atoms with Crippen LogP contribution in [0.2, 0.25) is 0 Å². The van der Waals surface area contributed by atoms with Crippen molar-refractivity contribution in [2.75, 3.05) is 0 Å². The molecule has 0 spiro atoms. The number of hydrogen-bond donors (Lipinski definition) is 0. The Bertz CT molecular complexity index is 551. The largest absolute Gasteiger partial charge is 0.289 e. The van der Waals surface area contributed by atoms with Crippen LogP contribution >= 0.6 is 0 Å². The molecular weight excluding hydrogens is 248 g/mol. The van der Waals surface area contributed by atoms with Gasteiger partial charge < -0.3 is 0 Å². The van der Waals surface area contributed by atoms with Crippen LogP contribution in [0.15, 0.2) is 84.1 Å². The topological polar surface area (TPSA) is 34.1 Å². The van der Waals surface area contributed by atoms with Crippen LogP contribution in [0.3, 0.4) is 0 Å². The maximum absolute atomic E-state index is 12.5. The van der Waals surface area contributed by atoms with Crippen molar-refractivity contribution in [3.05, 3.63) is 84.1 Å². The SMILES string of the molecule is C=C/C=C1/C(=O)C(/C=C\C)=C(/C=C\C)C(=O)/C1=C/C=C. The maximum Gasteiger partial charge on any atom is 0.194 e. The van der Waals surface area contributed by atoms with Gasteiger partial charge in [-0.05, 0) is 13.8 Å². The predicted octanol–water partition coefficient (Wildman–Crippen LogP) is 3.81. The second kappa shape index (κ2) is 7.19. The highest BCUT2D eigenvalue weighted by molar-refractivity contribution is 6.31. The van der Waals surface area contributed by atoms with Crippen LogP contribution in [0.25, 0.3) is 0 Å². The molecule has 1 aliphatic carbocycles. The zero-order chi connectivity index (χ0) is 15.1. The van der Waals surface area contributed by atoms with E-state index >= 15 is 0 Å². The van der Waals surface area contributed by atoms with E-state index in [9.17, 15) is 9.59 Å². The number of Topliss-reactive ketones (excluding diaryl/α,β-unsaturated/α-hetero) is 2. The van der Waals surface area contributed by atoms with Gasteiger partial charge in [0.05, 0.1) is 0 Å². The van der Waals surface area contributed by atoms with Gasteiger partial charge in [0.1, 0.15) is 0 Å². The summed E-state index contributed by atoms with van der Waals surface area (Å²) in [6.07, 6.45) is 13.0. The van der Waals surface area contributed by atoms with E-state index in [4.69, 9.17) is 0 Å². The Morgan fingerprint density at radius 3 is 1.35 bits per heavy atom. The first kappa shape index (κ1) is 15.6. The molecule has 0 unspecified atom stereocenters. The summed E-state index contributed by atoms with van der Waals surface area (Å²) in [5.74, 6) is -0.354. The minimum absolute atomic E-state index is 0.177. The number of hydrogen-bond acceptors (Lipinski definition) is 2. The summed E-state index contributed by atoms with van der Waals surface area (Å²) in [4.78, 5) is 25.1. The molecule has 0 aromatic rings. The molecule has 0 N–H and O–H groups in total. The lowest BCUT2D eigenvalue weighted by Gasteiger charge is -2.19. The summed E-state index contributed by atoms with van der Waals surface area (Å²) in [6.45, 7) is 10.8. The molecule has 20 heavy (non-hydrogen) atoms. The number of allylic oxidation sites excluding steroid dienone is 12. The van der Waals surface area contributed by atoms with E-state index in [0.29, 0.717) is 22.3 Å². The van der Waals surface area contributed by atoms with Crippen LogP contribution in [0.1, 0.15) is 13.8 Å². The molecule has 0 saturated carbocycles. The summed E-state index contributed by atoms with van der Waals surface area (Å²) < 4.78 is 0. The minimum atomic E-state index is -0.177. The van der Waals surface area contributed by atoms with E-state index in [-0.39, 0.29) is 11.6 Å². The van der Waals surface area contributed by atoms with Crippen molar-refractivity contribution >= 4 is 11.6 Å². The molecule has 0 aromatic heterocycles. The molecule has 0 saturated heterocycles. The van der Waals surface area contributed by atoms with Crippen molar-refractivity contribution < 1.29 is 9.59 Å². The first-order chi connectivity index (χ1) is 9.62. The van der Waals surface area contributed by atoms with Crippen LogP contribution in [0, 0.1) is 0 Å². The average molecular weight is 266 g/mol. The smallest absolute Gasteiger partial charge is 0.194 e. The van der Waals surface area contributed by atoms with Gasteiger partial charge in [0.15, 0.2) is 11.6 Å². The van der Waals surface area contributed by atoms with Crippen LogP contribution < -0.4 is 0 Å². The Hall–Kier alpha value is -2.48. The van der Waals surface area contributed by atoms with Crippen molar-refractivity contribution in [1.82, 2.24) is 0 Å².